The molecule has 1 heterocycles. The monoisotopic (exact) mass is 303 g/mol. The molecule has 0 bridgehead atoms. The van der Waals surface area contributed by atoms with E-state index in [1.54, 1.807) is 11.3 Å². The molecule has 0 fully saturated rings. The lowest BCUT2D eigenvalue weighted by Crippen LogP contribution is -2.27. The van der Waals surface area contributed by atoms with Crippen molar-refractivity contribution in [3.63, 3.8) is 0 Å². The summed E-state index contributed by atoms with van der Waals surface area (Å²) in [6.07, 6.45) is 1.11. The molecule has 0 aliphatic rings. The first-order valence-corrected chi connectivity index (χ1v) is 7.93. The van der Waals surface area contributed by atoms with E-state index in [-0.39, 0.29) is 6.42 Å². The molecule has 0 spiro atoms. The van der Waals surface area contributed by atoms with Gasteiger partial charge in [-0.3, -0.25) is 4.79 Å². The zero-order valence-electron chi connectivity index (χ0n) is 12.4. The Labute approximate surface area is 129 Å². The van der Waals surface area contributed by atoms with Crippen LogP contribution >= 0.6 is 11.3 Å². The fraction of sp³-hybridized carbons (Fsp3) is 0.353. The van der Waals surface area contributed by atoms with E-state index in [0.29, 0.717) is 6.04 Å². The van der Waals surface area contributed by atoms with E-state index >= 15 is 0 Å². The van der Waals surface area contributed by atoms with Gasteiger partial charge in [0.25, 0.3) is 0 Å². The van der Waals surface area contributed by atoms with Crippen LogP contribution in [0, 0.1) is 6.92 Å². The molecule has 1 atom stereocenters. The first-order valence-electron chi connectivity index (χ1n) is 7.12. The molecule has 2 N–H and O–H groups in total. The van der Waals surface area contributed by atoms with Crippen molar-refractivity contribution in [1.82, 2.24) is 5.32 Å². The maximum atomic E-state index is 10.7. The fourth-order valence-electron chi connectivity index (χ4n) is 2.28. The fourth-order valence-corrected chi connectivity index (χ4v) is 3.24. The van der Waals surface area contributed by atoms with Gasteiger partial charge in [-0.15, -0.1) is 11.3 Å². The van der Waals surface area contributed by atoms with Gasteiger partial charge < -0.3 is 10.4 Å². The Hall–Kier alpha value is -1.65. The molecule has 1 aromatic carbocycles. The van der Waals surface area contributed by atoms with Crippen LogP contribution in [-0.2, 0) is 24.2 Å². The predicted molar refractivity (Wildman–Crippen MR) is 86.8 cm³/mol. The summed E-state index contributed by atoms with van der Waals surface area (Å²) >= 11 is 1.57. The highest BCUT2D eigenvalue weighted by Gasteiger charge is 2.08. The summed E-state index contributed by atoms with van der Waals surface area (Å²) in [5, 5.41) is 12.3. The summed E-state index contributed by atoms with van der Waals surface area (Å²) in [5.74, 6) is -0.774. The second-order valence-corrected chi connectivity index (χ2v) is 6.60. The highest BCUT2D eigenvalue weighted by atomic mass is 32.1. The van der Waals surface area contributed by atoms with Crippen LogP contribution in [0.2, 0.25) is 0 Å². The number of carboxylic acid groups (broad SMARTS) is 1. The number of nitrogens with one attached hydrogen (secondary N) is 1. The van der Waals surface area contributed by atoms with Crippen LogP contribution in [0.3, 0.4) is 0 Å². The van der Waals surface area contributed by atoms with E-state index in [4.69, 9.17) is 5.11 Å². The number of carboxylic acids is 1. The minimum absolute atomic E-state index is 0.115. The molecule has 0 saturated carbocycles. The first kappa shape index (κ1) is 15.7. The Morgan fingerprint density at radius 1 is 1.24 bits per heavy atom. The van der Waals surface area contributed by atoms with Crippen LogP contribution in [0.4, 0.5) is 0 Å². The van der Waals surface area contributed by atoms with Gasteiger partial charge in [0.05, 0.1) is 6.42 Å². The molecule has 0 saturated heterocycles. The van der Waals surface area contributed by atoms with Crippen molar-refractivity contribution in [2.24, 2.45) is 0 Å². The van der Waals surface area contributed by atoms with Gasteiger partial charge in [-0.1, -0.05) is 24.3 Å². The Morgan fingerprint density at radius 3 is 2.67 bits per heavy atom. The lowest BCUT2D eigenvalue weighted by atomic mass is 10.0. The molecule has 3 nitrogen and oxygen atoms in total. The minimum atomic E-state index is -0.774. The number of hydrogen-bond donors (Lipinski definition) is 2. The van der Waals surface area contributed by atoms with Crippen molar-refractivity contribution < 1.29 is 9.90 Å². The molecule has 0 radical (unpaired) electrons. The topological polar surface area (TPSA) is 49.3 Å². The standard InChI is InChI=1S/C17H21NO2S/c1-12-5-3-4-6-14(12)9-13(2)18-11-16-8-7-15(21-16)10-17(19)20/h3-8,13,18H,9-11H2,1-2H3,(H,19,20). The molecule has 0 aliphatic carbocycles. The SMILES string of the molecule is Cc1ccccc1CC(C)NCc1ccc(CC(=O)O)s1. The highest BCUT2D eigenvalue weighted by molar-refractivity contribution is 7.12. The molecular formula is C17H21NO2S. The van der Waals surface area contributed by atoms with Crippen molar-refractivity contribution >= 4 is 17.3 Å². The van der Waals surface area contributed by atoms with E-state index in [1.165, 1.54) is 16.0 Å². The number of aliphatic carboxylic acids is 1. The van der Waals surface area contributed by atoms with Crippen LogP contribution in [0.5, 0.6) is 0 Å². The predicted octanol–water partition coefficient (Wildman–Crippen LogP) is 3.40. The Balaban J connectivity index is 1.84. The molecule has 0 amide bonds. The van der Waals surface area contributed by atoms with Crippen LogP contribution in [0.1, 0.15) is 27.8 Å². The summed E-state index contributed by atoms with van der Waals surface area (Å²) in [7, 11) is 0. The third-order valence-corrected chi connectivity index (χ3v) is 4.54. The average molecular weight is 303 g/mol. The van der Waals surface area contributed by atoms with Gasteiger partial charge in [-0.05, 0) is 43.5 Å². The zero-order chi connectivity index (χ0) is 15.2. The largest absolute Gasteiger partial charge is 0.481 e. The molecular weight excluding hydrogens is 282 g/mol. The maximum absolute atomic E-state index is 10.7. The van der Waals surface area contributed by atoms with Crippen LogP contribution in [-0.4, -0.2) is 17.1 Å². The molecule has 2 rings (SSSR count). The smallest absolute Gasteiger partial charge is 0.308 e. The van der Waals surface area contributed by atoms with Crippen molar-refractivity contribution in [3.8, 4) is 0 Å². The Bertz CT molecular complexity index is 606. The number of benzene rings is 1. The average Bonchev–Trinajstić information content (AvgIpc) is 2.86. The molecule has 0 aliphatic heterocycles. The second kappa shape index (κ2) is 7.38. The Morgan fingerprint density at radius 2 is 1.95 bits per heavy atom. The third kappa shape index (κ3) is 4.99. The zero-order valence-corrected chi connectivity index (χ0v) is 13.2. The van der Waals surface area contributed by atoms with Crippen molar-refractivity contribution in [2.45, 2.75) is 39.3 Å². The third-order valence-electron chi connectivity index (χ3n) is 3.45. The minimum Gasteiger partial charge on any atom is -0.481 e. The van der Waals surface area contributed by atoms with Crippen LogP contribution in [0.25, 0.3) is 0 Å². The van der Waals surface area contributed by atoms with Crippen molar-refractivity contribution in [1.29, 1.82) is 0 Å². The normalized spacial score (nSPS) is 12.3. The van der Waals surface area contributed by atoms with Crippen molar-refractivity contribution in [3.05, 3.63) is 57.3 Å². The van der Waals surface area contributed by atoms with E-state index in [0.717, 1.165) is 17.8 Å². The van der Waals surface area contributed by atoms with Gasteiger partial charge in [0.2, 0.25) is 0 Å². The van der Waals surface area contributed by atoms with E-state index < -0.39 is 5.97 Å². The molecule has 112 valence electrons. The molecule has 21 heavy (non-hydrogen) atoms. The number of rotatable bonds is 7. The highest BCUT2D eigenvalue weighted by Crippen LogP contribution is 2.17. The van der Waals surface area contributed by atoms with Gasteiger partial charge in [0.15, 0.2) is 0 Å². The van der Waals surface area contributed by atoms with Gasteiger partial charge in [0.1, 0.15) is 0 Å². The number of hydrogen-bond acceptors (Lipinski definition) is 3. The first-order chi connectivity index (χ1) is 10.0. The summed E-state index contributed by atoms with van der Waals surface area (Å²) in [6, 6.07) is 12.7. The van der Waals surface area contributed by atoms with E-state index in [1.807, 2.05) is 12.1 Å². The van der Waals surface area contributed by atoms with Crippen LogP contribution < -0.4 is 5.32 Å². The summed E-state index contributed by atoms with van der Waals surface area (Å²) < 4.78 is 0. The molecule has 4 heteroatoms. The second-order valence-electron chi connectivity index (χ2n) is 5.35. The summed E-state index contributed by atoms with van der Waals surface area (Å²) in [6.45, 7) is 5.11. The maximum Gasteiger partial charge on any atom is 0.308 e. The van der Waals surface area contributed by atoms with Gasteiger partial charge >= 0.3 is 5.97 Å². The van der Waals surface area contributed by atoms with E-state index in [2.05, 4.69) is 43.4 Å². The van der Waals surface area contributed by atoms with Crippen LogP contribution in [0.15, 0.2) is 36.4 Å². The Kier molecular flexibility index (Phi) is 5.53. The van der Waals surface area contributed by atoms with Gasteiger partial charge in [-0.2, -0.15) is 0 Å². The molecule has 1 unspecified atom stereocenters. The summed E-state index contributed by atoms with van der Waals surface area (Å²) in [5.41, 5.74) is 2.70. The lowest BCUT2D eigenvalue weighted by Gasteiger charge is -2.14. The van der Waals surface area contributed by atoms with Gasteiger partial charge in [0, 0.05) is 22.3 Å². The lowest BCUT2D eigenvalue weighted by molar-refractivity contribution is -0.136. The summed E-state index contributed by atoms with van der Waals surface area (Å²) in [4.78, 5) is 12.8. The van der Waals surface area contributed by atoms with Crippen molar-refractivity contribution in [2.75, 3.05) is 0 Å². The van der Waals surface area contributed by atoms with Gasteiger partial charge in [-0.25, -0.2) is 0 Å². The quantitative estimate of drug-likeness (QED) is 0.824. The molecule has 1 aromatic heterocycles. The number of aryl methyl sites for hydroxylation is 1. The molecule has 2 aromatic rings. The van der Waals surface area contributed by atoms with E-state index in [9.17, 15) is 4.79 Å². The number of thiophene rings is 1. The number of carbonyl (C=O) groups is 1.